The van der Waals surface area contributed by atoms with E-state index < -0.39 is 12.0 Å². The van der Waals surface area contributed by atoms with Gasteiger partial charge in [-0.05, 0) is 25.7 Å². The van der Waals surface area contributed by atoms with E-state index in [1.807, 2.05) is 0 Å². The number of hydrogen-bond donors (Lipinski definition) is 1. The number of hydrogen-bond acceptors (Lipinski definition) is 3. The Bertz CT molecular complexity index is 240. The zero-order chi connectivity index (χ0) is 10.8. The lowest BCUT2D eigenvalue weighted by atomic mass is 9.79. The Kier molecular flexibility index (Phi) is 3.26. The molecular weight excluding hydrogens is 194 g/mol. The second-order valence-electron chi connectivity index (χ2n) is 4.60. The minimum atomic E-state index is -0.749. The highest BCUT2D eigenvalue weighted by Crippen LogP contribution is 2.33. The van der Waals surface area contributed by atoms with Crippen molar-refractivity contribution in [3.63, 3.8) is 0 Å². The maximum Gasteiger partial charge on any atom is 0.323 e. The van der Waals surface area contributed by atoms with E-state index in [2.05, 4.69) is 11.8 Å². The summed E-state index contributed by atoms with van der Waals surface area (Å²) in [4.78, 5) is 13.2. The predicted molar refractivity (Wildman–Crippen MR) is 55.8 cm³/mol. The van der Waals surface area contributed by atoms with E-state index in [9.17, 15) is 4.79 Å². The predicted octanol–water partition coefficient (Wildman–Crippen LogP) is 0.960. The van der Waals surface area contributed by atoms with Gasteiger partial charge in [-0.25, -0.2) is 0 Å². The molecule has 0 aromatic rings. The van der Waals surface area contributed by atoms with Gasteiger partial charge in [0.1, 0.15) is 6.04 Å². The molecule has 1 saturated carbocycles. The van der Waals surface area contributed by atoms with Gasteiger partial charge in [-0.15, -0.1) is 0 Å². The van der Waals surface area contributed by atoms with Crippen molar-refractivity contribution in [2.75, 3.05) is 19.8 Å². The number of morpholine rings is 1. The monoisotopic (exact) mass is 213 g/mol. The molecule has 1 N–H and O–H groups in total. The van der Waals surface area contributed by atoms with E-state index in [0.717, 1.165) is 6.54 Å². The van der Waals surface area contributed by atoms with Crippen molar-refractivity contribution in [3.05, 3.63) is 0 Å². The molecule has 2 aliphatic rings. The second-order valence-corrected chi connectivity index (χ2v) is 4.60. The Morgan fingerprint density at radius 1 is 1.53 bits per heavy atom. The molecule has 86 valence electrons. The average molecular weight is 213 g/mol. The Hall–Kier alpha value is -0.610. The molecule has 0 spiro atoms. The second kappa shape index (κ2) is 4.49. The third-order valence-electron chi connectivity index (χ3n) is 3.81. The van der Waals surface area contributed by atoms with Crippen LogP contribution in [0.2, 0.25) is 0 Å². The summed E-state index contributed by atoms with van der Waals surface area (Å²) in [6.45, 7) is 3.92. The van der Waals surface area contributed by atoms with Crippen LogP contribution in [0.15, 0.2) is 0 Å². The smallest absolute Gasteiger partial charge is 0.323 e. The maximum absolute atomic E-state index is 11.1. The standard InChI is InChI=1S/C11H19NO3/c1-8(9-3-2-4-9)12-5-6-15-7-10(12)11(13)14/h8-10H,2-7H2,1H3,(H,13,14). The zero-order valence-electron chi connectivity index (χ0n) is 9.19. The molecule has 0 bridgehead atoms. The van der Waals surface area contributed by atoms with Gasteiger partial charge in [0.25, 0.3) is 0 Å². The number of carbonyl (C=O) groups is 1. The minimum Gasteiger partial charge on any atom is -0.480 e. The van der Waals surface area contributed by atoms with Crippen molar-refractivity contribution in [1.29, 1.82) is 0 Å². The number of carboxylic acid groups (broad SMARTS) is 1. The lowest BCUT2D eigenvalue weighted by Crippen LogP contribution is -2.56. The number of ether oxygens (including phenoxy) is 1. The summed E-state index contributed by atoms with van der Waals surface area (Å²) < 4.78 is 5.23. The van der Waals surface area contributed by atoms with E-state index >= 15 is 0 Å². The normalized spacial score (nSPS) is 30.9. The first-order valence-electron chi connectivity index (χ1n) is 5.76. The summed E-state index contributed by atoms with van der Waals surface area (Å²) in [5.74, 6) is -0.0502. The highest BCUT2D eigenvalue weighted by Gasteiger charge is 2.37. The first-order chi connectivity index (χ1) is 7.20. The van der Waals surface area contributed by atoms with Gasteiger partial charge in [-0.3, -0.25) is 9.69 Å². The summed E-state index contributed by atoms with van der Waals surface area (Å²) in [6, 6.07) is -0.0434. The van der Waals surface area contributed by atoms with Gasteiger partial charge in [-0.2, -0.15) is 0 Å². The molecule has 2 atom stereocenters. The van der Waals surface area contributed by atoms with Crippen molar-refractivity contribution < 1.29 is 14.6 Å². The molecule has 1 saturated heterocycles. The van der Waals surface area contributed by atoms with Crippen LogP contribution in [0.3, 0.4) is 0 Å². The summed E-state index contributed by atoms with van der Waals surface area (Å²) >= 11 is 0. The van der Waals surface area contributed by atoms with Gasteiger partial charge in [0.15, 0.2) is 0 Å². The number of nitrogens with zero attached hydrogens (tertiary/aromatic N) is 1. The van der Waals surface area contributed by atoms with E-state index in [4.69, 9.17) is 9.84 Å². The fourth-order valence-corrected chi connectivity index (χ4v) is 2.51. The Morgan fingerprint density at radius 2 is 2.27 bits per heavy atom. The molecule has 0 aromatic heterocycles. The third kappa shape index (κ3) is 2.16. The van der Waals surface area contributed by atoms with Crippen LogP contribution in [0.4, 0.5) is 0 Å². The SMILES string of the molecule is CC(C1CCC1)N1CCOCC1C(=O)O. The van der Waals surface area contributed by atoms with Crippen LogP contribution in [-0.2, 0) is 9.53 Å². The first-order valence-corrected chi connectivity index (χ1v) is 5.76. The molecule has 15 heavy (non-hydrogen) atoms. The van der Waals surface area contributed by atoms with Crippen molar-refractivity contribution in [1.82, 2.24) is 4.90 Å². The number of rotatable bonds is 3. The van der Waals surface area contributed by atoms with Crippen molar-refractivity contribution in [3.8, 4) is 0 Å². The molecule has 2 unspecified atom stereocenters. The van der Waals surface area contributed by atoms with Crippen molar-refractivity contribution >= 4 is 5.97 Å². The number of carboxylic acids is 1. The first kappa shape index (κ1) is 10.9. The maximum atomic E-state index is 11.1. The fourth-order valence-electron chi connectivity index (χ4n) is 2.51. The van der Waals surface area contributed by atoms with Gasteiger partial charge < -0.3 is 9.84 Å². The largest absolute Gasteiger partial charge is 0.480 e. The van der Waals surface area contributed by atoms with E-state index in [1.165, 1.54) is 19.3 Å². The lowest BCUT2D eigenvalue weighted by Gasteiger charge is -2.43. The molecular formula is C11H19NO3. The van der Waals surface area contributed by atoms with E-state index in [0.29, 0.717) is 25.2 Å². The highest BCUT2D eigenvalue weighted by atomic mass is 16.5. The Labute approximate surface area is 90.2 Å². The van der Waals surface area contributed by atoms with Gasteiger partial charge in [0.05, 0.1) is 13.2 Å². The minimum absolute atomic E-state index is 0.340. The third-order valence-corrected chi connectivity index (χ3v) is 3.81. The molecule has 0 amide bonds. The topological polar surface area (TPSA) is 49.8 Å². The summed E-state index contributed by atoms with van der Waals surface area (Å²) in [5.41, 5.74) is 0. The van der Waals surface area contributed by atoms with Crippen LogP contribution in [0.25, 0.3) is 0 Å². The molecule has 1 aliphatic heterocycles. The summed E-state index contributed by atoms with van der Waals surface area (Å²) in [7, 11) is 0. The fraction of sp³-hybridized carbons (Fsp3) is 0.909. The van der Waals surface area contributed by atoms with E-state index in [1.54, 1.807) is 0 Å². The van der Waals surface area contributed by atoms with Gasteiger partial charge in [0, 0.05) is 12.6 Å². The molecule has 2 fully saturated rings. The van der Waals surface area contributed by atoms with Crippen LogP contribution in [-0.4, -0.2) is 47.8 Å². The highest BCUT2D eigenvalue weighted by molar-refractivity contribution is 5.73. The molecule has 1 aliphatic carbocycles. The van der Waals surface area contributed by atoms with Gasteiger partial charge >= 0.3 is 5.97 Å². The number of aliphatic carboxylic acids is 1. The lowest BCUT2D eigenvalue weighted by molar-refractivity contribution is -0.153. The summed E-state index contributed by atoms with van der Waals surface area (Å²) in [6.07, 6.45) is 3.81. The zero-order valence-corrected chi connectivity index (χ0v) is 9.19. The van der Waals surface area contributed by atoms with Crippen LogP contribution in [0.1, 0.15) is 26.2 Å². The van der Waals surface area contributed by atoms with Crippen LogP contribution in [0.5, 0.6) is 0 Å². The quantitative estimate of drug-likeness (QED) is 0.758. The molecule has 1 heterocycles. The molecule has 4 nitrogen and oxygen atoms in total. The van der Waals surface area contributed by atoms with E-state index in [-0.39, 0.29) is 0 Å². The van der Waals surface area contributed by atoms with Crippen LogP contribution >= 0.6 is 0 Å². The average Bonchev–Trinajstić information content (AvgIpc) is 2.15. The Balaban J connectivity index is 1.99. The van der Waals surface area contributed by atoms with Gasteiger partial charge in [0.2, 0.25) is 0 Å². The summed E-state index contributed by atoms with van der Waals surface area (Å²) in [5, 5.41) is 9.11. The molecule has 4 heteroatoms. The van der Waals surface area contributed by atoms with Crippen molar-refractivity contribution in [2.24, 2.45) is 5.92 Å². The molecule has 0 aromatic carbocycles. The molecule has 2 rings (SSSR count). The Morgan fingerprint density at radius 3 is 2.80 bits per heavy atom. The van der Waals surface area contributed by atoms with Gasteiger partial charge in [-0.1, -0.05) is 6.42 Å². The van der Waals surface area contributed by atoms with Crippen molar-refractivity contribution in [2.45, 2.75) is 38.3 Å². The van der Waals surface area contributed by atoms with Crippen LogP contribution in [0, 0.1) is 5.92 Å². The van der Waals surface area contributed by atoms with Crippen LogP contribution < -0.4 is 0 Å². The molecule has 0 radical (unpaired) electrons.